The second-order valence-corrected chi connectivity index (χ2v) is 4.91. The quantitative estimate of drug-likeness (QED) is 0.681. The Hall–Kier alpha value is -1.49. The molecule has 0 aliphatic carbocycles. The van der Waals surface area contributed by atoms with Crippen molar-refractivity contribution in [2.75, 3.05) is 23.4 Å². The highest BCUT2D eigenvalue weighted by Gasteiger charge is 2.21. The molecule has 4 nitrogen and oxygen atoms in total. The van der Waals surface area contributed by atoms with Crippen molar-refractivity contribution in [3.05, 3.63) is 35.9 Å². The lowest BCUT2D eigenvalue weighted by molar-refractivity contribution is 0.201. The van der Waals surface area contributed by atoms with E-state index in [9.17, 15) is 4.79 Å². The van der Waals surface area contributed by atoms with Crippen LogP contribution in [0.1, 0.15) is 12.0 Å². The fraction of sp³-hybridized carbons (Fsp3) is 0.357. The fourth-order valence-electron chi connectivity index (χ4n) is 2.14. The molecule has 0 saturated heterocycles. The molecule has 1 heterocycles. The minimum absolute atomic E-state index is 0.521. The van der Waals surface area contributed by atoms with Gasteiger partial charge >= 0.3 is 6.09 Å². The minimum Gasteiger partial charge on any atom is -0.490 e. The van der Waals surface area contributed by atoms with Gasteiger partial charge in [-0.15, -0.1) is 0 Å². The Morgan fingerprint density at radius 3 is 3.05 bits per heavy atom. The second kappa shape index (κ2) is 6.61. The number of ether oxygens (including phenoxy) is 1. The van der Waals surface area contributed by atoms with Crippen LogP contribution in [0.5, 0.6) is 5.75 Å². The molecule has 0 unspecified atom stereocenters. The van der Waals surface area contributed by atoms with Crippen molar-refractivity contribution in [2.24, 2.45) is 0 Å². The molecule has 2 rings (SSSR count). The van der Waals surface area contributed by atoms with Gasteiger partial charge in [0.05, 0.1) is 5.69 Å². The lowest BCUT2D eigenvalue weighted by atomic mass is 10.0. The molecule has 1 N–H and O–H groups in total. The van der Waals surface area contributed by atoms with E-state index in [-0.39, 0.29) is 0 Å². The molecule has 0 fully saturated rings. The number of allylic oxidation sites excluding steroid dienone is 1. The van der Waals surface area contributed by atoms with Crippen LogP contribution in [0.4, 0.5) is 10.5 Å². The van der Waals surface area contributed by atoms with Crippen molar-refractivity contribution in [3.8, 4) is 5.75 Å². The maximum Gasteiger partial charge on any atom is 0.411 e. The molecule has 0 atom stereocenters. The zero-order valence-electron chi connectivity index (χ0n) is 10.5. The molecular formula is C14H16BrNO3. The number of nitrogens with zero attached hydrogens (tertiary/aromatic N) is 1. The summed E-state index contributed by atoms with van der Waals surface area (Å²) in [4.78, 5) is 12.5. The third-order valence-electron chi connectivity index (χ3n) is 3.00. The molecule has 1 aliphatic heterocycles. The number of carbonyl (C=O) groups is 1. The van der Waals surface area contributed by atoms with Crippen molar-refractivity contribution in [1.29, 1.82) is 0 Å². The number of anilines is 1. The van der Waals surface area contributed by atoms with E-state index in [1.54, 1.807) is 0 Å². The van der Waals surface area contributed by atoms with Gasteiger partial charge in [-0.3, -0.25) is 4.90 Å². The smallest absolute Gasteiger partial charge is 0.411 e. The van der Waals surface area contributed by atoms with Crippen LogP contribution in [-0.2, 0) is 6.42 Å². The van der Waals surface area contributed by atoms with Gasteiger partial charge in [-0.2, -0.15) is 0 Å². The van der Waals surface area contributed by atoms with E-state index < -0.39 is 6.09 Å². The molecule has 1 amide bonds. The summed E-state index contributed by atoms with van der Waals surface area (Å²) < 4.78 is 5.60. The summed E-state index contributed by atoms with van der Waals surface area (Å²) >= 11 is 3.30. The summed E-state index contributed by atoms with van der Waals surface area (Å²) in [5.41, 5.74) is 1.82. The van der Waals surface area contributed by atoms with Gasteiger partial charge in [-0.05, 0) is 36.6 Å². The number of rotatable bonds is 4. The van der Waals surface area contributed by atoms with Crippen LogP contribution in [0.15, 0.2) is 30.4 Å². The van der Waals surface area contributed by atoms with Gasteiger partial charge in [-0.1, -0.05) is 28.1 Å². The number of alkyl halides is 1. The van der Waals surface area contributed by atoms with E-state index in [2.05, 4.69) is 15.9 Å². The number of hydrogen-bond acceptors (Lipinski definition) is 2. The minimum atomic E-state index is -0.894. The zero-order chi connectivity index (χ0) is 13.7. The predicted molar refractivity (Wildman–Crippen MR) is 78.6 cm³/mol. The SMILES string of the molecule is O=C(O)N1CCCc2cc(OC/C=C/CBr)ccc21. The number of carboxylic acid groups (broad SMARTS) is 1. The fourth-order valence-corrected chi connectivity index (χ4v) is 2.40. The van der Waals surface area contributed by atoms with Crippen LogP contribution < -0.4 is 9.64 Å². The Labute approximate surface area is 120 Å². The van der Waals surface area contributed by atoms with Gasteiger partial charge in [-0.25, -0.2) is 4.79 Å². The van der Waals surface area contributed by atoms with Crippen LogP contribution in [0.3, 0.4) is 0 Å². The maximum absolute atomic E-state index is 11.1. The van der Waals surface area contributed by atoms with Gasteiger partial charge < -0.3 is 9.84 Å². The summed E-state index contributed by atoms with van der Waals surface area (Å²) in [6.45, 7) is 1.09. The van der Waals surface area contributed by atoms with E-state index in [0.717, 1.165) is 35.2 Å². The number of aryl methyl sites for hydroxylation is 1. The Morgan fingerprint density at radius 2 is 2.32 bits per heavy atom. The first kappa shape index (κ1) is 13.9. The number of benzene rings is 1. The van der Waals surface area contributed by atoms with Gasteiger partial charge in [0.25, 0.3) is 0 Å². The Balaban J connectivity index is 2.10. The summed E-state index contributed by atoms with van der Waals surface area (Å²) in [6, 6.07) is 5.58. The number of amides is 1. The zero-order valence-corrected chi connectivity index (χ0v) is 12.1. The molecule has 19 heavy (non-hydrogen) atoms. The average molecular weight is 326 g/mol. The molecule has 0 bridgehead atoms. The van der Waals surface area contributed by atoms with E-state index in [4.69, 9.17) is 9.84 Å². The number of hydrogen-bond donors (Lipinski definition) is 1. The van der Waals surface area contributed by atoms with Crippen LogP contribution in [0, 0.1) is 0 Å². The van der Waals surface area contributed by atoms with E-state index >= 15 is 0 Å². The van der Waals surface area contributed by atoms with Crippen molar-refractivity contribution in [3.63, 3.8) is 0 Å². The molecule has 5 heteroatoms. The maximum atomic E-state index is 11.1. The predicted octanol–water partition coefficient (Wildman–Crippen LogP) is 3.45. The van der Waals surface area contributed by atoms with Crippen LogP contribution >= 0.6 is 15.9 Å². The first-order valence-electron chi connectivity index (χ1n) is 6.19. The van der Waals surface area contributed by atoms with Crippen LogP contribution in [-0.4, -0.2) is 29.7 Å². The van der Waals surface area contributed by atoms with E-state index in [0.29, 0.717) is 13.2 Å². The highest BCUT2D eigenvalue weighted by Crippen LogP contribution is 2.30. The normalized spacial score (nSPS) is 14.5. The summed E-state index contributed by atoms with van der Waals surface area (Å²) in [7, 11) is 0. The molecule has 0 aromatic heterocycles. The molecule has 102 valence electrons. The molecule has 1 aliphatic rings. The second-order valence-electron chi connectivity index (χ2n) is 4.26. The van der Waals surface area contributed by atoms with Gasteiger partial charge in [0.1, 0.15) is 12.4 Å². The van der Waals surface area contributed by atoms with Gasteiger partial charge in [0.15, 0.2) is 0 Å². The van der Waals surface area contributed by atoms with E-state index in [1.165, 1.54) is 4.90 Å². The van der Waals surface area contributed by atoms with E-state index in [1.807, 2.05) is 30.4 Å². The van der Waals surface area contributed by atoms with Gasteiger partial charge in [0.2, 0.25) is 0 Å². The Kier molecular flexibility index (Phi) is 4.85. The molecule has 1 aromatic carbocycles. The molecule has 0 spiro atoms. The highest BCUT2D eigenvalue weighted by molar-refractivity contribution is 9.09. The van der Waals surface area contributed by atoms with Crippen LogP contribution in [0.25, 0.3) is 0 Å². The van der Waals surface area contributed by atoms with Gasteiger partial charge in [0, 0.05) is 11.9 Å². The summed E-state index contributed by atoms with van der Waals surface area (Å²) in [5.74, 6) is 0.783. The third-order valence-corrected chi connectivity index (χ3v) is 3.38. The first-order chi connectivity index (χ1) is 9.22. The van der Waals surface area contributed by atoms with Crippen molar-refractivity contribution >= 4 is 27.7 Å². The number of halogens is 1. The molecule has 1 aromatic rings. The molecule has 0 radical (unpaired) electrons. The monoisotopic (exact) mass is 325 g/mol. The van der Waals surface area contributed by atoms with Crippen molar-refractivity contribution in [2.45, 2.75) is 12.8 Å². The Bertz CT molecular complexity index is 488. The number of fused-ring (bicyclic) bond motifs is 1. The molecule has 0 saturated carbocycles. The largest absolute Gasteiger partial charge is 0.490 e. The highest BCUT2D eigenvalue weighted by atomic mass is 79.9. The Morgan fingerprint density at radius 1 is 1.47 bits per heavy atom. The summed E-state index contributed by atoms with van der Waals surface area (Å²) in [5, 5.41) is 9.95. The summed E-state index contributed by atoms with van der Waals surface area (Å²) in [6.07, 6.45) is 4.78. The third kappa shape index (κ3) is 3.50. The van der Waals surface area contributed by atoms with Crippen molar-refractivity contribution in [1.82, 2.24) is 0 Å². The lowest BCUT2D eigenvalue weighted by Gasteiger charge is -2.27. The molecular weight excluding hydrogens is 310 g/mol. The lowest BCUT2D eigenvalue weighted by Crippen LogP contribution is -2.34. The topological polar surface area (TPSA) is 49.8 Å². The van der Waals surface area contributed by atoms with Crippen LogP contribution in [0.2, 0.25) is 0 Å². The average Bonchev–Trinajstić information content (AvgIpc) is 2.42. The first-order valence-corrected chi connectivity index (χ1v) is 7.31. The standard InChI is InChI=1S/C14H16BrNO3/c15-7-1-2-9-19-12-5-6-13-11(10-12)4-3-8-16(13)14(17)18/h1-2,5-6,10H,3-4,7-9H2,(H,17,18)/b2-1+. The van der Waals surface area contributed by atoms with Crippen molar-refractivity contribution < 1.29 is 14.6 Å².